The largest absolute Gasteiger partial charge is 0.355 e. The number of carbonyl (C=O) groups excluding carboxylic acids is 1. The summed E-state index contributed by atoms with van der Waals surface area (Å²) in [5.74, 6) is 0.165. The molecule has 0 spiro atoms. The van der Waals surface area contributed by atoms with Crippen molar-refractivity contribution in [2.45, 2.75) is 26.7 Å². The van der Waals surface area contributed by atoms with Gasteiger partial charge in [0.25, 0.3) is 0 Å². The summed E-state index contributed by atoms with van der Waals surface area (Å²) in [6.45, 7) is 3.79. The van der Waals surface area contributed by atoms with Crippen LogP contribution in [0.4, 0.5) is 0 Å². The second kappa shape index (κ2) is 6.04. The summed E-state index contributed by atoms with van der Waals surface area (Å²) in [7, 11) is 0. The van der Waals surface area contributed by atoms with Crippen molar-refractivity contribution in [2.75, 3.05) is 0 Å². The van der Waals surface area contributed by atoms with E-state index < -0.39 is 0 Å². The summed E-state index contributed by atoms with van der Waals surface area (Å²) in [4.78, 5) is 21.0. The highest BCUT2D eigenvalue weighted by molar-refractivity contribution is 5.68. The van der Waals surface area contributed by atoms with Gasteiger partial charge in [-0.2, -0.15) is 5.10 Å². The number of hydrogen-bond acceptors (Lipinski definition) is 4. The molecular weight excluding hydrogens is 244 g/mol. The summed E-state index contributed by atoms with van der Waals surface area (Å²) in [5.41, 5.74) is 1.80. The van der Waals surface area contributed by atoms with Crippen molar-refractivity contribution in [3.8, 4) is 11.4 Å². The van der Waals surface area contributed by atoms with Gasteiger partial charge in [0.2, 0.25) is 0 Å². The molecule has 1 aromatic heterocycles. The second-order valence-corrected chi connectivity index (χ2v) is 4.19. The van der Waals surface area contributed by atoms with Gasteiger partial charge in [0.15, 0.2) is 5.75 Å². The van der Waals surface area contributed by atoms with Crippen LogP contribution in [0.3, 0.4) is 0 Å². The molecule has 0 saturated heterocycles. The normalized spacial score (nSPS) is 10.2. The van der Waals surface area contributed by atoms with E-state index in [0.717, 1.165) is 17.7 Å². The van der Waals surface area contributed by atoms with Crippen LogP contribution in [0.1, 0.15) is 25.3 Å². The molecule has 0 fully saturated rings. The molecule has 0 amide bonds. The predicted molar refractivity (Wildman–Crippen MR) is 69.9 cm³/mol. The van der Waals surface area contributed by atoms with Crippen LogP contribution in [0.2, 0.25) is 0 Å². The van der Waals surface area contributed by atoms with Crippen LogP contribution < -0.4 is 4.89 Å². The van der Waals surface area contributed by atoms with Crippen molar-refractivity contribution in [3.05, 3.63) is 42.2 Å². The van der Waals surface area contributed by atoms with Gasteiger partial charge in [-0.15, -0.1) is 0 Å². The summed E-state index contributed by atoms with van der Waals surface area (Å²) < 4.78 is 1.75. The highest BCUT2D eigenvalue weighted by atomic mass is 17.2. The number of aromatic nitrogens is 2. The van der Waals surface area contributed by atoms with Crippen molar-refractivity contribution >= 4 is 5.97 Å². The van der Waals surface area contributed by atoms with E-state index in [0.29, 0.717) is 12.2 Å². The van der Waals surface area contributed by atoms with Crippen molar-refractivity contribution < 1.29 is 14.6 Å². The van der Waals surface area contributed by atoms with E-state index in [2.05, 4.69) is 5.10 Å². The molecule has 100 valence electrons. The third-order valence-corrected chi connectivity index (χ3v) is 2.61. The molecule has 0 N–H and O–H groups in total. The van der Waals surface area contributed by atoms with Gasteiger partial charge in [-0.3, -0.25) is 9.78 Å². The Hall–Kier alpha value is -2.30. The molecule has 19 heavy (non-hydrogen) atoms. The SMILES string of the molecule is CCCC(=O)OOc1ccc(-n2cccn2)cc1C. The predicted octanol–water partition coefficient (Wildman–Crippen LogP) is 2.82. The van der Waals surface area contributed by atoms with Gasteiger partial charge >= 0.3 is 5.97 Å². The Balaban J connectivity index is 2.05. The molecule has 0 aliphatic carbocycles. The maximum absolute atomic E-state index is 11.2. The van der Waals surface area contributed by atoms with Crippen LogP contribution >= 0.6 is 0 Å². The van der Waals surface area contributed by atoms with Crippen molar-refractivity contribution in [1.29, 1.82) is 0 Å². The molecule has 0 atom stereocenters. The molecule has 0 unspecified atom stereocenters. The van der Waals surface area contributed by atoms with E-state index in [-0.39, 0.29) is 5.97 Å². The quantitative estimate of drug-likeness (QED) is 0.612. The lowest BCUT2D eigenvalue weighted by Gasteiger charge is -2.08. The van der Waals surface area contributed by atoms with Crippen LogP contribution in [-0.2, 0) is 9.68 Å². The minimum atomic E-state index is -0.363. The van der Waals surface area contributed by atoms with Crippen LogP contribution in [0.5, 0.6) is 5.75 Å². The first-order valence-corrected chi connectivity index (χ1v) is 6.18. The summed E-state index contributed by atoms with van der Waals surface area (Å²) in [5, 5.41) is 4.15. The van der Waals surface area contributed by atoms with Crippen molar-refractivity contribution in [3.63, 3.8) is 0 Å². The first-order valence-electron chi connectivity index (χ1n) is 6.18. The number of aryl methyl sites for hydroxylation is 1. The number of nitrogens with zero attached hydrogens (tertiary/aromatic N) is 2. The van der Waals surface area contributed by atoms with Gasteiger partial charge in [0, 0.05) is 18.8 Å². The van der Waals surface area contributed by atoms with Gasteiger partial charge in [0.1, 0.15) is 0 Å². The van der Waals surface area contributed by atoms with E-state index in [1.807, 2.05) is 38.2 Å². The molecule has 2 aromatic rings. The third-order valence-electron chi connectivity index (χ3n) is 2.61. The van der Waals surface area contributed by atoms with Gasteiger partial charge < -0.3 is 0 Å². The Morgan fingerprint density at radius 1 is 1.42 bits per heavy atom. The van der Waals surface area contributed by atoms with Gasteiger partial charge in [0.05, 0.1) is 5.69 Å². The van der Waals surface area contributed by atoms with E-state index >= 15 is 0 Å². The third kappa shape index (κ3) is 3.34. The van der Waals surface area contributed by atoms with E-state index in [1.165, 1.54) is 0 Å². The lowest BCUT2D eigenvalue weighted by Crippen LogP contribution is -2.08. The molecule has 1 aromatic carbocycles. The molecule has 5 heteroatoms. The Kier molecular flexibility index (Phi) is 4.18. The van der Waals surface area contributed by atoms with Crippen molar-refractivity contribution in [2.24, 2.45) is 0 Å². The monoisotopic (exact) mass is 260 g/mol. The first kappa shape index (κ1) is 13.1. The van der Waals surface area contributed by atoms with Gasteiger partial charge in [-0.05, 0) is 43.2 Å². The fraction of sp³-hybridized carbons (Fsp3) is 0.286. The second-order valence-electron chi connectivity index (χ2n) is 4.19. The minimum absolute atomic E-state index is 0.352. The van der Waals surface area contributed by atoms with Crippen LogP contribution in [0.25, 0.3) is 5.69 Å². The van der Waals surface area contributed by atoms with Gasteiger partial charge in [-0.25, -0.2) is 9.48 Å². The Bertz CT molecular complexity index is 550. The van der Waals surface area contributed by atoms with Crippen LogP contribution in [-0.4, -0.2) is 15.7 Å². The first-order chi connectivity index (χ1) is 9.20. The summed E-state index contributed by atoms with van der Waals surface area (Å²) in [6.07, 6.45) is 4.66. The van der Waals surface area contributed by atoms with E-state index in [9.17, 15) is 4.79 Å². The van der Waals surface area contributed by atoms with Crippen molar-refractivity contribution in [1.82, 2.24) is 9.78 Å². The fourth-order valence-electron chi connectivity index (χ4n) is 1.63. The zero-order valence-electron chi connectivity index (χ0n) is 11.0. The lowest BCUT2D eigenvalue weighted by atomic mass is 10.2. The van der Waals surface area contributed by atoms with E-state index in [1.54, 1.807) is 16.9 Å². The number of rotatable bonds is 5. The number of carbonyl (C=O) groups is 1. The molecule has 0 aliphatic heterocycles. The summed E-state index contributed by atoms with van der Waals surface area (Å²) >= 11 is 0. The lowest BCUT2D eigenvalue weighted by molar-refractivity contribution is -0.213. The molecule has 5 nitrogen and oxygen atoms in total. The molecule has 2 rings (SSSR count). The molecule has 0 aliphatic rings. The van der Waals surface area contributed by atoms with Crippen LogP contribution in [0.15, 0.2) is 36.7 Å². The fourth-order valence-corrected chi connectivity index (χ4v) is 1.63. The Labute approximate surface area is 111 Å². The van der Waals surface area contributed by atoms with Crippen LogP contribution in [0, 0.1) is 6.92 Å². The highest BCUT2D eigenvalue weighted by Gasteiger charge is 2.07. The zero-order chi connectivity index (χ0) is 13.7. The zero-order valence-corrected chi connectivity index (χ0v) is 11.0. The topological polar surface area (TPSA) is 53.4 Å². The number of benzene rings is 1. The maximum atomic E-state index is 11.2. The summed E-state index contributed by atoms with van der Waals surface area (Å²) in [6, 6.07) is 7.37. The average Bonchev–Trinajstić information content (AvgIpc) is 2.91. The highest BCUT2D eigenvalue weighted by Crippen LogP contribution is 2.21. The molecule has 0 bridgehead atoms. The van der Waals surface area contributed by atoms with Gasteiger partial charge in [-0.1, -0.05) is 6.92 Å². The van der Waals surface area contributed by atoms with E-state index in [4.69, 9.17) is 9.78 Å². The molecular formula is C14H16N2O3. The Morgan fingerprint density at radius 2 is 2.26 bits per heavy atom. The molecule has 0 radical (unpaired) electrons. The minimum Gasteiger partial charge on any atom is -0.287 e. The Morgan fingerprint density at radius 3 is 2.89 bits per heavy atom. The molecule has 1 heterocycles. The standard InChI is InChI=1S/C14H16N2O3/c1-3-5-14(17)19-18-13-7-6-12(10-11(13)2)16-9-4-8-15-16/h4,6-10H,3,5H2,1-2H3. The number of hydrogen-bond donors (Lipinski definition) is 0. The maximum Gasteiger partial charge on any atom is 0.355 e. The smallest absolute Gasteiger partial charge is 0.287 e. The molecule has 0 saturated carbocycles. The average molecular weight is 260 g/mol.